The van der Waals surface area contributed by atoms with Crippen LogP contribution in [0.3, 0.4) is 0 Å². The maximum absolute atomic E-state index is 14.3. The summed E-state index contributed by atoms with van der Waals surface area (Å²) < 4.78 is 7.42. The lowest BCUT2D eigenvalue weighted by molar-refractivity contribution is -0.384. The monoisotopic (exact) mass is 609 g/mol. The summed E-state index contributed by atoms with van der Waals surface area (Å²) in [6.45, 7) is 5.13. The van der Waals surface area contributed by atoms with Crippen molar-refractivity contribution in [2.45, 2.75) is 13.0 Å². The van der Waals surface area contributed by atoms with Crippen LogP contribution >= 0.6 is 11.3 Å². The highest BCUT2D eigenvalue weighted by Gasteiger charge is 2.35. The van der Waals surface area contributed by atoms with Crippen LogP contribution in [0.4, 0.5) is 11.4 Å². The van der Waals surface area contributed by atoms with E-state index < -0.39 is 16.9 Å². The van der Waals surface area contributed by atoms with Crippen LogP contribution in [0.2, 0.25) is 0 Å². The average molecular weight is 610 g/mol. The standard InChI is InChI=1S/C33H31N5O5S/c1-3-43-32(40)28-29(22-10-6-4-7-11-22)34-33-37(30(28)23-12-8-5-9-13-23)31(39)27(44-33)21-24-20-25(38(41)42)14-15-26(24)36-18-16-35(2)17-19-36/h4-15,20-21,30H,3,16-19H2,1-2H3/b27-21+/t30-/m0/s1. The SMILES string of the molecule is CCOC(=O)C1=C(c2ccccc2)N=c2s/c(=C/c3cc([N+](=O)[O-])ccc3N3CCN(C)CC3)c(=O)n2[C@H]1c1ccccc1. The molecule has 44 heavy (non-hydrogen) atoms. The van der Waals surface area contributed by atoms with Crippen molar-refractivity contribution in [3.05, 3.63) is 131 Å². The van der Waals surface area contributed by atoms with Crippen LogP contribution in [0, 0.1) is 10.1 Å². The minimum atomic E-state index is -0.786. The molecule has 2 aliphatic heterocycles. The van der Waals surface area contributed by atoms with Gasteiger partial charge in [-0.2, -0.15) is 0 Å². The number of hydrogen-bond donors (Lipinski definition) is 0. The highest BCUT2D eigenvalue weighted by molar-refractivity contribution is 7.07. The van der Waals surface area contributed by atoms with E-state index in [1.54, 1.807) is 19.1 Å². The Morgan fingerprint density at radius 2 is 1.73 bits per heavy atom. The number of carbonyl (C=O) groups excluding carboxylic acids is 1. The first-order valence-corrected chi connectivity index (χ1v) is 15.2. The molecule has 3 aromatic carbocycles. The van der Waals surface area contributed by atoms with Gasteiger partial charge in [0.1, 0.15) is 0 Å². The van der Waals surface area contributed by atoms with E-state index in [0.29, 0.717) is 20.6 Å². The van der Waals surface area contributed by atoms with Gasteiger partial charge in [0, 0.05) is 55.1 Å². The third kappa shape index (κ3) is 5.59. The minimum Gasteiger partial charge on any atom is -0.463 e. The molecule has 224 valence electrons. The van der Waals surface area contributed by atoms with E-state index in [2.05, 4.69) is 16.8 Å². The number of aromatic nitrogens is 1. The average Bonchev–Trinajstić information content (AvgIpc) is 3.35. The molecule has 0 unspecified atom stereocenters. The molecule has 0 radical (unpaired) electrons. The van der Waals surface area contributed by atoms with Gasteiger partial charge in [-0.15, -0.1) is 0 Å². The van der Waals surface area contributed by atoms with Gasteiger partial charge in [-0.25, -0.2) is 9.79 Å². The summed E-state index contributed by atoms with van der Waals surface area (Å²) in [6.07, 6.45) is 1.71. The van der Waals surface area contributed by atoms with Crippen molar-refractivity contribution in [1.29, 1.82) is 0 Å². The maximum atomic E-state index is 14.3. The summed E-state index contributed by atoms with van der Waals surface area (Å²) in [6, 6.07) is 22.7. The number of likely N-dealkylation sites (N-methyl/N-ethyl adjacent to an activating group) is 1. The predicted octanol–water partition coefficient (Wildman–Crippen LogP) is 3.60. The first-order chi connectivity index (χ1) is 21.4. The third-order valence-corrected chi connectivity index (χ3v) is 8.82. The Hall–Kier alpha value is -4.87. The molecule has 1 fully saturated rings. The Morgan fingerprint density at radius 3 is 2.39 bits per heavy atom. The number of non-ortho nitro benzene ring substituents is 1. The topological polar surface area (TPSA) is 110 Å². The van der Waals surface area contributed by atoms with Crippen molar-refractivity contribution in [3.63, 3.8) is 0 Å². The highest BCUT2D eigenvalue weighted by atomic mass is 32.1. The molecule has 0 bridgehead atoms. The number of nitro groups is 1. The van der Waals surface area contributed by atoms with Gasteiger partial charge < -0.3 is 14.5 Å². The second kappa shape index (κ2) is 12.4. The zero-order valence-electron chi connectivity index (χ0n) is 24.4. The zero-order chi connectivity index (χ0) is 30.8. The van der Waals surface area contributed by atoms with E-state index >= 15 is 0 Å². The maximum Gasteiger partial charge on any atom is 0.338 e. The molecule has 0 saturated carbocycles. The lowest BCUT2D eigenvalue weighted by atomic mass is 9.93. The number of anilines is 1. The van der Waals surface area contributed by atoms with Gasteiger partial charge >= 0.3 is 5.97 Å². The molecule has 0 N–H and O–H groups in total. The van der Waals surface area contributed by atoms with E-state index in [0.717, 1.165) is 43.0 Å². The molecule has 0 spiro atoms. The van der Waals surface area contributed by atoms with Crippen molar-refractivity contribution in [2.75, 3.05) is 44.7 Å². The number of carbonyl (C=O) groups is 1. The van der Waals surface area contributed by atoms with Gasteiger partial charge in [0.25, 0.3) is 11.2 Å². The van der Waals surface area contributed by atoms with Crippen molar-refractivity contribution in [3.8, 4) is 0 Å². The molecule has 3 heterocycles. The molecule has 1 aromatic heterocycles. The predicted molar refractivity (Wildman–Crippen MR) is 170 cm³/mol. The molecule has 1 atom stereocenters. The normalized spacial score (nSPS) is 17.3. The van der Waals surface area contributed by atoms with E-state index in [-0.39, 0.29) is 23.4 Å². The van der Waals surface area contributed by atoms with Crippen LogP contribution in [0.5, 0.6) is 0 Å². The Bertz CT molecular complexity index is 1930. The van der Waals surface area contributed by atoms with Gasteiger partial charge in [0.05, 0.1) is 33.4 Å². The fraction of sp³-hybridized carbons (Fsp3) is 0.242. The quantitative estimate of drug-likeness (QED) is 0.179. The molecule has 4 aromatic rings. The molecule has 0 aliphatic carbocycles. The van der Waals surface area contributed by atoms with Crippen LogP contribution in [-0.2, 0) is 9.53 Å². The van der Waals surface area contributed by atoms with E-state index in [9.17, 15) is 19.7 Å². The fourth-order valence-electron chi connectivity index (χ4n) is 5.64. The Balaban J connectivity index is 1.60. The molecular weight excluding hydrogens is 578 g/mol. The molecular formula is C33H31N5O5S. The molecule has 0 amide bonds. The number of ether oxygens (including phenoxy) is 1. The smallest absolute Gasteiger partial charge is 0.338 e. The van der Waals surface area contributed by atoms with Gasteiger partial charge in [-0.3, -0.25) is 19.5 Å². The fourth-order valence-corrected chi connectivity index (χ4v) is 6.63. The van der Waals surface area contributed by atoms with Crippen LogP contribution in [-0.4, -0.2) is 60.2 Å². The summed E-state index contributed by atoms with van der Waals surface area (Å²) in [5, 5.41) is 11.7. The Labute approximate surface area is 257 Å². The van der Waals surface area contributed by atoms with Gasteiger partial charge in [-0.05, 0) is 31.7 Å². The molecule has 2 aliphatic rings. The Kier molecular flexibility index (Phi) is 8.23. The molecule has 1 saturated heterocycles. The summed E-state index contributed by atoms with van der Waals surface area (Å²) >= 11 is 1.20. The number of nitro benzene ring substituents is 1. The minimum absolute atomic E-state index is 0.0555. The lowest BCUT2D eigenvalue weighted by Gasteiger charge is -2.34. The van der Waals surface area contributed by atoms with Crippen LogP contribution in [0.1, 0.15) is 29.7 Å². The first kappa shape index (κ1) is 29.2. The largest absolute Gasteiger partial charge is 0.463 e. The van der Waals surface area contributed by atoms with Crippen molar-refractivity contribution >= 4 is 40.5 Å². The summed E-state index contributed by atoms with van der Waals surface area (Å²) in [4.78, 5) is 48.9. The van der Waals surface area contributed by atoms with E-state index in [4.69, 9.17) is 9.73 Å². The number of rotatable bonds is 7. The molecule has 6 rings (SSSR count). The van der Waals surface area contributed by atoms with Gasteiger partial charge in [0.2, 0.25) is 0 Å². The second-order valence-electron chi connectivity index (χ2n) is 10.6. The highest BCUT2D eigenvalue weighted by Crippen LogP contribution is 2.35. The van der Waals surface area contributed by atoms with Crippen molar-refractivity contribution in [2.24, 2.45) is 4.99 Å². The number of benzene rings is 3. The Morgan fingerprint density at radius 1 is 1.05 bits per heavy atom. The number of esters is 1. The number of fused-ring (bicyclic) bond motifs is 1. The van der Waals surface area contributed by atoms with Crippen molar-refractivity contribution in [1.82, 2.24) is 9.47 Å². The summed E-state index contributed by atoms with van der Waals surface area (Å²) in [5.41, 5.74) is 3.19. The van der Waals surface area contributed by atoms with Gasteiger partial charge in [0.15, 0.2) is 4.80 Å². The van der Waals surface area contributed by atoms with E-state index in [1.807, 2.05) is 60.7 Å². The lowest BCUT2D eigenvalue weighted by Crippen LogP contribution is -2.44. The third-order valence-electron chi connectivity index (χ3n) is 7.84. The first-order valence-electron chi connectivity index (χ1n) is 14.4. The number of hydrogen-bond acceptors (Lipinski definition) is 9. The number of piperazine rings is 1. The van der Waals surface area contributed by atoms with Crippen LogP contribution in [0.25, 0.3) is 11.8 Å². The molecule has 11 heteroatoms. The van der Waals surface area contributed by atoms with E-state index in [1.165, 1.54) is 28.0 Å². The molecule has 10 nitrogen and oxygen atoms in total. The van der Waals surface area contributed by atoms with Crippen molar-refractivity contribution < 1.29 is 14.5 Å². The van der Waals surface area contributed by atoms with Crippen LogP contribution < -0.4 is 19.8 Å². The zero-order valence-corrected chi connectivity index (χ0v) is 25.2. The number of thiazole rings is 1. The second-order valence-corrected chi connectivity index (χ2v) is 11.6. The van der Waals surface area contributed by atoms with Gasteiger partial charge in [-0.1, -0.05) is 72.0 Å². The summed E-state index contributed by atoms with van der Waals surface area (Å²) in [7, 11) is 2.06. The summed E-state index contributed by atoms with van der Waals surface area (Å²) in [5.74, 6) is -0.547. The van der Waals surface area contributed by atoms with Crippen LogP contribution in [0.15, 0.2) is 94.2 Å². The number of nitrogens with zero attached hydrogens (tertiary/aromatic N) is 5.